The zero-order valence-electron chi connectivity index (χ0n) is 9.70. The third-order valence-electron chi connectivity index (χ3n) is 2.16. The van der Waals surface area contributed by atoms with Crippen molar-refractivity contribution in [2.45, 2.75) is 19.8 Å². The quantitative estimate of drug-likeness (QED) is 0.475. The van der Waals surface area contributed by atoms with Crippen molar-refractivity contribution in [3.05, 3.63) is 12.7 Å². The molecule has 5 heteroatoms. The molecule has 0 spiro atoms. The number of hydrogen-bond donors (Lipinski definition) is 1. The van der Waals surface area contributed by atoms with Gasteiger partial charge in [-0.3, -0.25) is 0 Å². The van der Waals surface area contributed by atoms with Gasteiger partial charge in [0.25, 0.3) is 0 Å². The summed E-state index contributed by atoms with van der Waals surface area (Å²) in [5, 5.41) is 3.00. The molecular weight excluding hydrogens is 212 g/mol. The maximum atomic E-state index is 11.8. The van der Waals surface area contributed by atoms with Crippen LogP contribution in [0, 0.1) is 0 Å². The standard InChI is InChI=1S/C10H22N2O2S/c1-4-9-12(5-2)15(13,14)10-7-6-8-11-3/h4,11H,1,5-10H2,2-3H3. The summed E-state index contributed by atoms with van der Waals surface area (Å²) in [6.45, 7) is 7.18. The van der Waals surface area contributed by atoms with Gasteiger partial charge < -0.3 is 5.32 Å². The van der Waals surface area contributed by atoms with Gasteiger partial charge in [0.1, 0.15) is 0 Å². The molecule has 4 nitrogen and oxygen atoms in total. The van der Waals surface area contributed by atoms with Crippen LogP contribution in [0.1, 0.15) is 19.8 Å². The molecule has 1 N–H and O–H groups in total. The lowest BCUT2D eigenvalue weighted by molar-refractivity contribution is 0.457. The third-order valence-corrected chi connectivity index (χ3v) is 4.16. The number of sulfonamides is 1. The molecule has 0 rings (SSSR count). The van der Waals surface area contributed by atoms with E-state index in [4.69, 9.17) is 0 Å². The summed E-state index contributed by atoms with van der Waals surface area (Å²) in [4.78, 5) is 0. The van der Waals surface area contributed by atoms with E-state index in [0.717, 1.165) is 13.0 Å². The Bertz CT molecular complexity index is 263. The normalized spacial score (nSPS) is 11.9. The molecule has 0 heterocycles. The Hall–Kier alpha value is -0.390. The van der Waals surface area contributed by atoms with Crippen LogP contribution in [-0.4, -0.2) is 45.2 Å². The van der Waals surface area contributed by atoms with Crippen molar-refractivity contribution in [2.24, 2.45) is 0 Å². The molecule has 0 aliphatic rings. The molecular formula is C10H22N2O2S. The zero-order chi connectivity index (χ0) is 11.7. The summed E-state index contributed by atoms with van der Waals surface area (Å²) in [6.07, 6.45) is 3.22. The van der Waals surface area contributed by atoms with Crippen LogP contribution in [0.2, 0.25) is 0 Å². The van der Waals surface area contributed by atoms with Crippen molar-refractivity contribution < 1.29 is 8.42 Å². The fourth-order valence-corrected chi connectivity index (χ4v) is 2.85. The average Bonchev–Trinajstić information content (AvgIpc) is 2.20. The van der Waals surface area contributed by atoms with Crippen molar-refractivity contribution in [2.75, 3.05) is 32.4 Å². The van der Waals surface area contributed by atoms with Crippen molar-refractivity contribution in [1.82, 2.24) is 9.62 Å². The molecule has 0 aromatic carbocycles. The molecule has 0 fully saturated rings. The summed E-state index contributed by atoms with van der Waals surface area (Å²) >= 11 is 0. The fourth-order valence-electron chi connectivity index (χ4n) is 1.30. The van der Waals surface area contributed by atoms with Crippen LogP contribution in [0.25, 0.3) is 0 Å². The van der Waals surface area contributed by atoms with Crippen LogP contribution in [0.15, 0.2) is 12.7 Å². The van der Waals surface area contributed by atoms with Gasteiger partial charge in [-0.15, -0.1) is 6.58 Å². The van der Waals surface area contributed by atoms with Crippen LogP contribution in [0.4, 0.5) is 0 Å². The first-order chi connectivity index (χ1) is 7.08. The van der Waals surface area contributed by atoms with Crippen LogP contribution >= 0.6 is 0 Å². The Balaban J connectivity index is 4.08. The Kier molecular flexibility index (Phi) is 7.64. The van der Waals surface area contributed by atoms with E-state index >= 15 is 0 Å². The van der Waals surface area contributed by atoms with Gasteiger partial charge in [0.15, 0.2) is 0 Å². The first-order valence-electron chi connectivity index (χ1n) is 5.31. The lowest BCUT2D eigenvalue weighted by Gasteiger charge is -2.18. The molecule has 0 aliphatic carbocycles. The van der Waals surface area contributed by atoms with Gasteiger partial charge >= 0.3 is 0 Å². The maximum absolute atomic E-state index is 11.8. The molecule has 0 amide bonds. The molecule has 0 bridgehead atoms. The lowest BCUT2D eigenvalue weighted by Crippen LogP contribution is -2.33. The predicted octanol–water partition coefficient (Wildman–Crippen LogP) is 0.824. The first-order valence-corrected chi connectivity index (χ1v) is 6.92. The minimum Gasteiger partial charge on any atom is -0.320 e. The highest BCUT2D eigenvalue weighted by Crippen LogP contribution is 2.04. The second-order valence-corrected chi connectivity index (χ2v) is 5.45. The molecule has 0 aromatic rings. The van der Waals surface area contributed by atoms with Gasteiger partial charge in [0, 0.05) is 13.1 Å². The van der Waals surface area contributed by atoms with Gasteiger partial charge in [-0.25, -0.2) is 8.42 Å². The van der Waals surface area contributed by atoms with Gasteiger partial charge in [-0.2, -0.15) is 4.31 Å². The highest BCUT2D eigenvalue weighted by molar-refractivity contribution is 7.89. The van der Waals surface area contributed by atoms with Crippen molar-refractivity contribution in [1.29, 1.82) is 0 Å². The summed E-state index contributed by atoms with van der Waals surface area (Å²) in [6, 6.07) is 0. The number of rotatable bonds is 9. The van der Waals surface area contributed by atoms with Crippen molar-refractivity contribution in [3.8, 4) is 0 Å². The Morgan fingerprint density at radius 2 is 2.07 bits per heavy atom. The van der Waals surface area contributed by atoms with Crippen molar-refractivity contribution in [3.63, 3.8) is 0 Å². The molecule has 0 saturated heterocycles. The highest BCUT2D eigenvalue weighted by Gasteiger charge is 2.17. The van der Waals surface area contributed by atoms with E-state index in [1.807, 2.05) is 14.0 Å². The SMILES string of the molecule is C=CCN(CC)S(=O)(=O)CCCCNC. The monoisotopic (exact) mass is 234 g/mol. The molecule has 15 heavy (non-hydrogen) atoms. The number of unbranched alkanes of at least 4 members (excludes halogenated alkanes) is 1. The van der Waals surface area contributed by atoms with Crippen LogP contribution in [-0.2, 0) is 10.0 Å². The van der Waals surface area contributed by atoms with E-state index < -0.39 is 10.0 Å². The number of hydrogen-bond acceptors (Lipinski definition) is 3. The topological polar surface area (TPSA) is 49.4 Å². The Morgan fingerprint density at radius 3 is 2.53 bits per heavy atom. The first kappa shape index (κ1) is 14.6. The molecule has 90 valence electrons. The average molecular weight is 234 g/mol. The van der Waals surface area contributed by atoms with Crippen LogP contribution in [0.3, 0.4) is 0 Å². The largest absolute Gasteiger partial charge is 0.320 e. The van der Waals surface area contributed by atoms with E-state index in [2.05, 4.69) is 11.9 Å². The summed E-state index contributed by atoms with van der Waals surface area (Å²) in [5.74, 6) is 0.232. The van der Waals surface area contributed by atoms with E-state index in [0.29, 0.717) is 19.5 Å². The molecule has 0 radical (unpaired) electrons. The van der Waals surface area contributed by atoms with Gasteiger partial charge in [0.2, 0.25) is 10.0 Å². The van der Waals surface area contributed by atoms with E-state index in [-0.39, 0.29) is 5.75 Å². The van der Waals surface area contributed by atoms with Gasteiger partial charge in [-0.1, -0.05) is 13.0 Å². The van der Waals surface area contributed by atoms with E-state index in [1.54, 1.807) is 6.08 Å². The Morgan fingerprint density at radius 1 is 1.40 bits per heavy atom. The van der Waals surface area contributed by atoms with Crippen LogP contribution in [0.5, 0.6) is 0 Å². The number of nitrogens with zero attached hydrogens (tertiary/aromatic N) is 1. The van der Waals surface area contributed by atoms with Crippen molar-refractivity contribution >= 4 is 10.0 Å². The minimum atomic E-state index is -3.08. The number of nitrogens with one attached hydrogen (secondary N) is 1. The molecule has 0 aliphatic heterocycles. The third kappa shape index (κ3) is 5.92. The molecule has 0 unspecified atom stereocenters. The summed E-state index contributed by atoms with van der Waals surface area (Å²) in [5.41, 5.74) is 0. The zero-order valence-corrected chi connectivity index (χ0v) is 10.5. The maximum Gasteiger partial charge on any atom is 0.214 e. The number of likely N-dealkylation sites (N-methyl/N-ethyl adjacent to an activating group) is 1. The second kappa shape index (κ2) is 7.84. The van der Waals surface area contributed by atoms with E-state index in [9.17, 15) is 8.42 Å². The Labute approximate surface area is 93.4 Å². The molecule has 0 atom stereocenters. The van der Waals surface area contributed by atoms with Crippen LogP contribution < -0.4 is 5.32 Å². The van der Waals surface area contributed by atoms with Gasteiger partial charge in [0.05, 0.1) is 5.75 Å². The van der Waals surface area contributed by atoms with E-state index in [1.165, 1.54) is 4.31 Å². The smallest absolute Gasteiger partial charge is 0.214 e. The predicted molar refractivity (Wildman–Crippen MR) is 64.4 cm³/mol. The fraction of sp³-hybridized carbons (Fsp3) is 0.800. The second-order valence-electron chi connectivity index (χ2n) is 3.37. The summed E-state index contributed by atoms with van der Waals surface area (Å²) in [7, 11) is -1.22. The summed E-state index contributed by atoms with van der Waals surface area (Å²) < 4.78 is 25.0. The van der Waals surface area contributed by atoms with Gasteiger partial charge in [-0.05, 0) is 26.4 Å². The molecule has 0 aromatic heterocycles. The minimum absolute atomic E-state index is 0.232. The lowest BCUT2D eigenvalue weighted by atomic mass is 10.3. The highest BCUT2D eigenvalue weighted by atomic mass is 32.2. The molecule has 0 saturated carbocycles.